The van der Waals surface area contributed by atoms with Gasteiger partial charge in [0.2, 0.25) is 0 Å². The van der Waals surface area contributed by atoms with Crippen LogP contribution in [0.5, 0.6) is 5.75 Å². The maximum Gasteiger partial charge on any atom is 0.136 e. The van der Waals surface area contributed by atoms with Gasteiger partial charge in [-0.05, 0) is 64.7 Å². The van der Waals surface area contributed by atoms with Crippen LogP contribution < -0.4 is 4.74 Å². The number of hydrogen-bond acceptors (Lipinski definition) is 2. The summed E-state index contributed by atoms with van der Waals surface area (Å²) in [6.07, 6.45) is 6.77. The van der Waals surface area contributed by atoms with Gasteiger partial charge in [-0.25, -0.2) is 0 Å². The van der Waals surface area contributed by atoms with E-state index in [1.807, 2.05) is 0 Å². The van der Waals surface area contributed by atoms with Crippen molar-refractivity contribution in [1.29, 1.82) is 0 Å². The molecule has 0 unspecified atom stereocenters. The van der Waals surface area contributed by atoms with Crippen LogP contribution in [0.3, 0.4) is 0 Å². The summed E-state index contributed by atoms with van der Waals surface area (Å²) in [5, 5.41) is 9.12. The molecule has 0 radical (unpaired) electrons. The highest BCUT2D eigenvalue weighted by Crippen LogP contribution is 2.38. The third-order valence-electron chi connectivity index (χ3n) is 3.45. The van der Waals surface area contributed by atoms with Crippen molar-refractivity contribution >= 4 is 15.9 Å². The molecule has 2 nitrogen and oxygen atoms in total. The molecule has 0 bridgehead atoms. The zero-order chi connectivity index (χ0) is 12.3. The number of aliphatic hydroxyl groups is 1. The maximum absolute atomic E-state index is 9.12. The predicted octanol–water partition coefficient (Wildman–Crippen LogP) is 3.26. The van der Waals surface area contributed by atoms with E-state index >= 15 is 0 Å². The number of benzene rings is 1. The van der Waals surface area contributed by atoms with Crippen LogP contribution in [-0.2, 0) is 19.3 Å². The molecular formula is C14H19BrO2. The fraction of sp³-hybridized carbons (Fsp3) is 0.571. The lowest BCUT2D eigenvalue weighted by Gasteiger charge is -2.16. The number of ether oxygens (including phenoxy) is 1. The molecule has 0 aromatic heterocycles. The minimum Gasteiger partial charge on any atom is -0.495 e. The fourth-order valence-corrected chi connectivity index (χ4v) is 3.47. The van der Waals surface area contributed by atoms with E-state index in [2.05, 4.69) is 22.0 Å². The number of fused-ring (bicyclic) bond motifs is 1. The minimum absolute atomic E-state index is 0.168. The highest BCUT2D eigenvalue weighted by atomic mass is 79.9. The Morgan fingerprint density at radius 3 is 2.76 bits per heavy atom. The molecule has 1 aromatic carbocycles. The lowest BCUT2D eigenvalue weighted by atomic mass is 9.98. The fourth-order valence-electron chi connectivity index (χ4n) is 2.60. The van der Waals surface area contributed by atoms with Gasteiger partial charge in [-0.1, -0.05) is 12.5 Å². The molecule has 1 aromatic rings. The van der Waals surface area contributed by atoms with Gasteiger partial charge in [-0.15, -0.1) is 0 Å². The van der Waals surface area contributed by atoms with Crippen molar-refractivity contribution in [3.63, 3.8) is 0 Å². The topological polar surface area (TPSA) is 29.5 Å². The molecule has 0 aliphatic heterocycles. The summed E-state index contributed by atoms with van der Waals surface area (Å²) in [5.41, 5.74) is 3.95. The van der Waals surface area contributed by atoms with Crippen molar-refractivity contribution in [1.82, 2.24) is 0 Å². The Morgan fingerprint density at radius 2 is 2.06 bits per heavy atom. The normalized spacial score (nSPS) is 15.2. The number of hydrogen-bond donors (Lipinski definition) is 1. The zero-order valence-electron chi connectivity index (χ0n) is 10.3. The second kappa shape index (κ2) is 5.87. The standard InChI is InChI=1S/C14H19BrO2/c1-17-14-11(7-8-16)9-10-5-3-2-4-6-12(10)13(14)15/h9,16H,2-8H2,1H3. The average Bonchev–Trinajstić information content (AvgIpc) is 2.55. The summed E-state index contributed by atoms with van der Waals surface area (Å²) in [7, 11) is 1.70. The first-order valence-electron chi connectivity index (χ1n) is 6.26. The Balaban J connectivity index is 2.49. The molecule has 2 rings (SSSR count). The molecule has 0 fully saturated rings. The Kier molecular flexibility index (Phi) is 4.46. The van der Waals surface area contributed by atoms with Gasteiger partial charge in [-0.2, -0.15) is 0 Å². The highest BCUT2D eigenvalue weighted by molar-refractivity contribution is 9.10. The first-order chi connectivity index (χ1) is 8.27. The molecule has 94 valence electrons. The third kappa shape index (κ3) is 2.66. The molecule has 0 saturated heterocycles. The maximum atomic E-state index is 9.12. The molecule has 1 aliphatic carbocycles. The van der Waals surface area contributed by atoms with Crippen molar-refractivity contribution in [3.8, 4) is 5.75 Å². The average molecular weight is 299 g/mol. The number of aliphatic hydroxyl groups excluding tert-OH is 1. The van der Waals surface area contributed by atoms with Gasteiger partial charge in [0.25, 0.3) is 0 Å². The van der Waals surface area contributed by atoms with Crippen molar-refractivity contribution in [2.45, 2.75) is 38.5 Å². The molecular weight excluding hydrogens is 280 g/mol. The van der Waals surface area contributed by atoms with Crippen molar-refractivity contribution in [3.05, 3.63) is 27.2 Å². The second-order valence-electron chi connectivity index (χ2n) is 4.55. The van der Waals surface area contributed by atoms with E-state index < -0.39 is 0 Å². The van der Waals surface area contributed by atoms with Crippen LogP contribution in [0.4, 0.5) is 0 Å². The van der Waals surface area contributed by atoms with Crippen LogP contribution in [0, 0.1) is 0 Å². The monoisotopic (exact) mass is 298 g/mol. The van der Waals surface area contributed by atoms with E-state index in [0.29, 0.717) is 6.42 Å². The van der Waals surface area contributed by atoms with E-state index in [1.165, 1.54) is 30.4 Å². The van der Waals surface area contributed by atoms with E-state index in [4.69, 9.17) is 9.84 Å². The molecule has 1 N–H and O–H groups in total. The summed E-state index contributed by atoms with van der Waals surface area (Å²) < 4.78 is 6.58. The molecule has 17 heavy (non-hydrogen) atoms. The van der Waals surface area contributed by atoms with Crippen LogP contribution in [-0.4, -0.2) is 18.8 Å². The molecule has 0 spiro atoms. The van der Waals surface area contributed by atoms with Gasteiger partial charge in [0.05, 0.1) is 11.6 Å². The lowest BCUT2D eigenvalue weighted by Crippen LogP contribution is -2.02. The second-order valence-corrected chi connectivity index (χ2v) is 5.35. The molecule has 0 saturated carbocycles. The molecule has 0 heterocycles. The third-order valence-corrected chi connectivity index (χ3v) is 4.29. The largest absolute Gasteiger partial charge is 0.495 e. The summed E-state index contributed by atoms with van der Waals surface area (Å²) >= 11 is 3.68. The van der Waals surface area contributed by atoms with E-state index in [9.17, 15) is 0 Å². The summed E-state index contributed by atoms with van der Waals surface area (Å²) in [5.74, 6) is 0.903. The van der Waals surface area contributed by atoms with Gasteiger partial charge in [0, 0.05) is 6.61 Å². The van der Waals surface area contributed by atoms with Gasteiger partial charge in [0.15, 0.2) is 0 Å². The molecule has 0 amide bonds. The quantitative estimate of drug-likeness (QED) is 0.868. The zero-order valence-corrected chi connectivity index (χ0v) is 11.8. The SMILES string of the molecule is COc1c(CCO)cc2c(c1Br)CCCCC2. The summed E-state index contributed by atoms with van der Waals surface area (Å²) in [6.45, 7) is 0.168. The minimum atomic E-state index is 0.168. The Labute approximate surface area is 111 Å². The van der Waals surface area contributed by atoms with E-state index in [0.717, 1.165) is 28.6 Å². The van der Waals surface area contributed by atoms with E-state index in [-0.39, 0.29) is 6.61 Å². The first-order valence-corrected chi connectivity index (χ1v) is 7.05. The van der Waals surface area contributed by atoms with Crippen LogP contribution in [0.15, 0.2) is 10.5 Å². The Hall–Kier alpha value is -0.540. The molecule has 0 atom stereocenters. The number of halogens is 1. The lowest BCUT2D eigenvalue weighted by molar-refractivity contribution is 0.296. The highest BCUT2D eigenvalue weighted by Gasteiger charge is 2.18. The van der Waals surface area contributed by atoms with Gasteiger partial charge in [-0.3, -0.25) is 0 Å². The van der Waals surface area contributed by atoms with Crippen molar-refractivity contribution < 1.29 is 9.84 Å². The van der Waals surface area contributed by atoms with Gasteiger partial charge in [0.1, 0.15) is 5.75 Å². The number of methoxy groups -OCH3 is 1. The number of rotatable bonds is 3. The predicted molar refractivity (Wildman–Crippen MR) is 72.7 cm³/mol. The number of aryl methyl sites for hydroxylation is 1. The van der Waals surface area contributed by atoms with Gasteiger partial charge < -0.3 is 9.84 Å². The van der Waals surface area contributed by atoms with Crippen LogP contribution >= 0.6 is 15.9 Å². The van der Waals surface area contributed by atoms with Crippen LogP contribution in [0.25, 0.3) is 0 Å². The summed E-state index contributed by atoms with van der Waals surface area (Å²) in [4.78, 5) is 0. The van der Waals surface area contributed by atoms with E-state index in [1.54, 1.807) is 7.11 Å². The molecule has 3 heteroatoms. The Morgan fingerprint density at radius 1 is 1.29 bits per heavy atom. The molecule has 1 aliphatic rings. The first kappa shape index (κ1) is 12.9. The Bertz CT molecular complexity index is 401. The van der Waals surface area contributed by atoms with Crippen molar-refractivity contribution in [2.24, 2.45) is 0 Å². The smallest absolute Gasteiger partial charge is 0.136 e. The van der Waals surface area contributed by atoms with Crippen molar-refractivity contribution in [2.75, 3.05) is 13.7 Å². The van der Waals surface area contributed by atoms with Crippen LogP contribution in [0.2, 0.25) is 0 Å². The summed E-state index contributed by atoms with van der Waals surface area (Å²) in [6, 6.07) is 2.22. The van der Waals surface area contributed by atoms with Crippen LogP contribution in [0.1, 0.15) is 36.0 Å². The van der Waals surface area contributed by atoms with Gasteiger partial charge >= 0.3 is 0 Å².